The fraction of sp³-hybridized carbons (Fsp3) is 0.348. The number of aliphatic hydroxyl groups is 1. The zero-order chi connectivity index (χ0) is 20.7. The molecule has 0 spiro atoms. The Labute approximate surface area is 167 Å². The number of nitrogens with zero attached hydrogens (tertiary/aromatic N) is 1. The van der Waals surface area contributed by atoms with Crippen LogP contribution in [0.5, 0.6) is 11.5 Å². The van der Waals surface area contributed by atoms with Gasteiger partial charge in [0, 0.05) is 7.05 Å². The van der Waals surface area contributed by atoms with Crippen LogP contribution in [0.15, 0.2) is 61.2 Å². The SMILES string of the molecule is C=CC[C@H](C(=O)N(C)[C@@H](C)[C@@H](O)c1ccccc1)c1ccc(OC)c(OC)c1. The van der Waals surface area contributed by atoms with Crippen molar-refractivity contribution in [1.82, 2.24) is 4.90 Å². The highest BCUT2D eigenvalue weighted by molar-refractivity contribution is 5.84. The van der Waals surface area contributed by atoms with E-state index in [1.54, 1.807) is 38.3 Å². The standard InChI is InChI=1S/C23H29NO4/c1-6-10-19(18-13-14-20(27-4)21(15-18)28-5)23(26)24(3)16(2)22(25)17-11-8-7-9-12-17/h6-9,11-16,19,22,25H,1,10H2,2-5H3/t16-,19-,22+/m0/s1. The van der Waals surface area contributed by atoms with Gasteiger partial charge in [-0.15, -0.1) is 6.58 Å². The topological polar surface area (TPSA) is 59.0 Å². The number of rotatable bonds is 9. The zero-order valence-electron chi connectivity index (χ0n) is 17.0. The Morgan fingerprint density at radius 3 is 2.32 bits per heavy atom. The fourth-order valence-electron chi connectivity index (χ4n) is 3.20. The first-order chi connectivity index (χ1) is 13.4. The van der Waals surface area contributed by atoms with Crippen molar-refractivity contribution >= 4 is 5.91 Å². The molecule has 0 heterocycles. The van der Waals surface area contributed by atoms with Crippen molar-refractivity contribution in [1.29, 1.82) is 0 Å². The van der Waals surface area contributed by atoms with Gasteiger partial charge in [-0.05, 0) is 36.6 Å². The van der Waals surface area contributed by atoms with Crippen LogP contribution in [0.25, 0.3) is 0 Å². The van der Waals surface area contributed by atoms with Crippen molar-refractivity contribution in [2.45, 2.75) is 31.4 Å². The van der Waals surface area contributed by atoms with E-state index in [0.29, 0.717) is 17.9 Å². The average molecular weight is 383 g/mol. The van der Waals surface area contributed by atoms with Gasteiger partial charge in [0.05, 0.1) is 32.3 Å². The lowest BCUT2D eigenvalue weighted by molar-refractivity contribution is -0.135. The van der Waals surface area contributed by atoms with E-state index in [1.807, 2.05) is 49.4 Å². The van der Waals surface area contributed by atoms with Crippen LogP contribution in [0, 0.1) is 0 Å². The summed E-state index contributed by atoms with van der Waals surface area (Å²) in [5, 5.41) is 10.7. The molecule has 0 fully saturated rings. The van der Waals surface area contributed by atoms with Crippen molar-refractivity contribution < 1.29 is 19.4 Å². The highest BCUT2D eigenvalue weighted by atomic mass is 16.5. The Bertz CT molecular complexity index is 790. The van der Waals surface area contributed by atoms with Gasteiger partial charge < -0.3 is 19.5 Å². The highest BCUT2D eigenvalue weighted by Gasteiger charge is 2.30. The monoisotopic (exact) mass is 383 g/mol. The predicted octanol–water partition coefficient (Wildman–Crippen LogP) is 3.94. The summed E-state index contributed by atoms with van der Waals surface area (Å²) >= 11 is 0. The van der Waals surface area contributed by atoms with Gasteiger partial charge in [-0.2, -0.15) is 0 Å². The number of benzene rings is 2. The van der Waals surface area contributed by atoms with Gasteiger partial charge in [-0.3, -0.25) is 4.79 Å². The minimum atomic E-state index is -0.773. The first-order valence-electron chi connectivity index (χ1n) is 9.27. The first-order valence-corrected chi connectivity index (χ1v) is 9.27. The molecule has 150 valence electrons. The smallest absolute Gasteiger partial charge is 0.230 e. The molecule has 0 aromatic heterocycles. The van der Waals surface area contributed by atoms with Gasteiger partial charge in [0.1, 0.15) is 0 Å². The van der Waals surface area contributed by atoms with E-state index < -0.39 is 12.0 Å². The minimum absolute atomic E-state index is 0.0883. The molecule has 1 N–H and O–H groups in total. The molecule has 0 unspecified atom stereocenters. The second kappa shape index (κ2) is 9.95. The first kappa shape index (κ1) is 21.5. The maximum atomic E-state index is 13.3. The van der Waals surface area contributed by atoms with E-state index >= 15 is 0 Å². The number of carbonyl (C=O) groups excluding carboxylic acids is 1. The molecule has 0 aliphatic rings. The molecule has 2 aromatic carbocycles. The van der Waals surface area contributed by atoms with Gasteiger partial charge in [-0.1, -0.05) is 42.5 Å². The number of likely N-dealkylation sites (N-methyl/N-ethyl adjacent to an activating group) is 1. The normalized spacial score (nSPS) is 13.9. The molecule has 5 heteroatoms. The van der Waals surface area contributed by atoms with Crippen molar-refractivity contribution in [3.05, 3.63) is 72.3 Å². The summed E-state index contributed by atoms with van der Waals surface area (Å²) in [6.45, 7) is 5.64. The average Bonchev–Trinajstić information content (AvgIpc) is 2.75. The highest BCUT2D eigenvalue weighted by Crippen LogP contribution is 2.33. The zero-order valence-corrected chi connectivity index (χ0v) is 17.0. The Hall–Kier alpha value is -2.79. The molecule has 0 saturated heterocycles. The predicted molar refractivity (Wildman–Crippen MR) is 111 cm³/mol. The molecule has 0 radical (unpaired) electrons. The Balaban J connectivity index is 2.27. The summed E-state index contributed by atoms with van der Waals surface area (Å²) in [4.78, 5) is 14.9. The van der Waals surface area contributed by atoms with Crippen molar-refractivity contribution in [2.24, 2.45) is 0 Å². The number of aliphatic hydroxyl groups excluding tert-OH is 1. The third kappa shape index (κ3) is 4.73. The molecule has 5 nitrogen and oxygen atoms in total. The Morgan fingerprint density at radius 1 is 1.11 bits per heavy atom. The summed E-state index contributed by atoms with van der Waals surface area (Å²) in [5.74, 6) is 0.668. The Morgan fingerprint density at radius 2 is 1.75 bits per heavy atom. The molecule has 0 aliphatic heterocycles. The van der Waals surface area contributed by atoms with Crippen molar-refractivity contribution in [3.63, 3.8) is 0 Å². The van der Waals surface area contributed by atoms with Gasteiger partial charge >= 0.3 is 0 Å². The number of hydrogen-bond acceptors (Lipinski definition) is 4. The van der Waals surface area contributed by atoms with E-state index in [1.165, 1.54) is 0 Å². The minimum Gasteiger partial charge on any atom is -0.493 e. The maximum Gasteiger partial charge on any atom is 0.230 e. The second-order valence-electron chi connectivity index (χ2n) is 6.74. The molecule has 28 heavy (non-hydrogen) atoms. The number of amides is 1. The molecule has 3 atom stereocenters. The number of hydrogen-bond donors (Lipinski definition) is 1. The molecular formula is C23H29NO4. The lowest BCUT2D eigenvalue weighted by atomic mass is 9.92. The van der Waals surface area contributed by atoms with Crippen molar-refractivity contribution in [3.8, 4) is 11.5 Å². The summed E-state index contributed by atoms with van der Waals surface area (Å²) in [7, 11) is 4.86. The summed E-state index contributed by atoms with van der Waals surface area (Å²) < 4.78 is 10.7. The lowest BCUT2D eigenvalue weighted by Gasteiger charge is -2.32. The maximum absolute atomic E-state index is 13.3. The van der Waals surface area contributed by atoms with Crippen molar-refractivity contribution in [2.75, 3.05) is 21.3 Å². The quantitative estimate of drug-likeness (QED) is 0.666. The number of carbonyl (C=O) groups is 1. The van der Waals surface area contributed by atoms with Gasteiger partial charge in [0.25, 0.3) is 0 Å². The van der Waals surface area contributed by atoms with Gasteiger partial charge in [0.15, 0.2) is 11.5 Å². The molecule has 0 bridgehead atoms. The van der Waals surface area contributed by atoms with Crippen LogP contribution in [0.1, 0.15) is 36.5 Å². The van der Waals surface area contributed by atoms with Crippen LogP contribution >= 0.6 is 0 Å². The van der Waals surface area contributed by atoms with Crippen LogP contribution < -0.4 is 9.47 Å². The third-order valence-electron chi connectivity index (χ3n) is 5.07. The number of methoxy groups -OCH3 is 2. The fourth-order valence-corrected chi connectivity index (χ4v) is 3.20. The molecule has 0 saturated carbocycles. The van der Waals surface area contributed by atoms with Crippen LogP contribution in [-0.2, 0) is 4.79 Å². The molecule has 0 aliphatic carbocycles. The van der Waals surface area contributed by atoms with E-state index in [0.717, 1.165) is 11.1 Å². The van der Waals surface area contributed by atoms with Crippen LogP contribution in [0.4, 0.5) is 0 Å². The van der Waals surface area contributed by atoms with Gasteiger partial charge in [-0.25, -0.2) is 0 Å². The van der Waals surface area contributed by atoms with Gasteiger partial charge in [0.2, 0.25) is 5.91 Å². The van der Waals surface area contributed by atoms with E-state index in [9.17, 15) is 9.90 Å². The molecule has 2 rings (SSSR count). The molecule has 2 aromatic rings. The van der Waals surface area contributed by atoms with E-state index in [4.69, 9.17) is 9.47 Å². The lowest BCUT2D eigenvalue weighted by Crippen LogP contribution is -2.41. The Kier molecular flexibility index (Phi) is 7.64. The third-order valence-corrected chi connectivity index (χ3v) is 5.07. The van der Waals surface area contributed by atoms with E-state index in [2.05, 4.69) is 6.58 Å². The number of allylic oxidation sites excluding steroid dienone is 1. The summed E-state index contributed by atoms with van der Waals surface area (Å²) in [5.41, 5.74) is 1.59. The largest absolute Gasteiger partial charge is 0.493 e. The number of ether oxygens (including phenoxy) is 2. The van der Waals surface area contributed by atoms with Crippen LogP contribution in [-0.4, -0.2) is 43.2 Å². The van der Waals surface area contributed by atoms with E-state index in [-0.39, 0.29) is 11.9 Å². The molecular weight excluding hydrogens is 354 g/mol. The summed E-state index contributed by atoms with van der Waals surface area (Å²) in [6.07, 6.45) is 1.43. The summed E-state index contributed by atoms with van der Waals surface area (Å²) in [6, 6.07) is 14.4. The van der Waals surface area contributed by atoms with Crippen LogP contribution in [0.2, 0.25) is 0 Å². The van der Waals surface area contributed by atoms with Crippen LogP contribution in [0.3, 0.4) is 0 Å². The second-order valence-corrected chi connectivity index (χ2v) is 6.74. The molecule has 1 amide bonds.